The molecule has 2 fully saturated rings. The molecule has 138 valence electrons. The molecule has 0 aromatic carbocycles. The highest BCUT2D eigenvalue weighted by Gasteiger charge is 2.36. The Labute approximate surface area is 152 Å². The molecule has 23 heavy (non-hydrogen) atoms. The topological polar surface area (TPSA) is 67.6 Å². The number of likely N-dealkylation sites (tertiary alicyclic amines) is 1. The van der Waals surface area contributed by atoms with Crippen molar-refractivity contribution in [1.82, 2.24) is 10.2 Å². The van der Waals surface area contributed by atoms with Crippen LogP contribution in [0, 0.1) is 0 Å². The molecule has 1 saturated carbocycles. The number of nitrogens with zero attached hydrogens (tertiary/aromatic N) is 1. The lowest BCUT2D eigenvalue weighted by Crippen LogP contribution is -2.58. The van der Waals surface area contributed by atoms with Crippen LogP contribution in [-0.2, 0) is 9.53 Å². The molecule has 7 heteroatoms. The zero-order valence-corrected chi connectivity index (χ0v) is 15.9. The Kier molecular flexibility index (Phi) is 11.4. The molecule has 0 atom stereocenters. The molecule has 2 aliphatic rings. The van der Waals surface area contributed by atoms with Crippen molar-refractivity contribution in [3.63, 3.8) is 0 Å². The van der Waals surface area contributed by atoms with Crippen molar-refractivity contribution in [2.45, 2.75) is 62.9 Å². The molecule has 0 aromatic heterocycles. The van der Waals surface area contributed by atoms with Crippen molar-refractivity contribution in [1.29, 1.82) is 0 Å². The van der Waals surface area contributed by atoms with Crippen LogP contribution in [0.3, 0.4) is 0 Å². The van der Waals surface area contributed by atoms with Gasteiger partial charge in [-0.25, -0.2) is 0 Å². The van der Waals surface area contributed by atoms with E-state index in [1.165, 1.54) is 6.42 Å². The molecule has 1 aliphatic heterocycles. The Bertz CT molecular complexity index is 331. The summed E-state index contributed by atoms with van der Waals surface area (Å²) < 4.78 is 5.09. The van der Waals surface area contributed by atoms with Crippen LogP contribution in [-0.4, -0.2) is 55.7 Å². The fourth-order valence-electron chi connectivity index (χ4n) is 3.47. The first-order chi connectivity index (χ1) is 10.1. The minimum atomic E-state index is -0.603. The summed E-state index contributed by atoms with van der Waals surface area (Å²) in [5.74, 6) is 0.0834. The maximum atomic E-state index is 12.4. The molecule has 1 aliphatic carbocycles. The lowest BCUT2D eigenvalue weighted by atomic mass is 9.81. The van der Waals surface area contributed by atoms with Crippen molar-refractivity contribution >= 4 is 30.7 Å². The molecule has 0 bridgehead atoms. The van der Waals surface area contributed by atoms with Crippen molar-refractivity contribution in [2.75, 3.05) is 33.4 Å². The number of ether oxygens (including phenoxy) is 1. The van der Waals surface area contributed by atoms with Gasteiger partial charge in [-0.2, -0.15) is 0 Å². The van der Waals surface area contributed by atoms with Gasteiger partial charge in [0.05, 0.1) is 5.54 Å². The van der Waals surface area contributed by atoms with Gasteiger partial charge in [0.2, 0.25) is 5.91 Å². The van der Waals surface area contributed by atoms with Gasteiger partial charge in [0, 0.05) is 39.4 Å². The van der Waals surface area contributed by atoms with Crippen LogP contribution in [0.1, 0.15) is 51.4 Å². The summed E-state index contributed by atoms with van der Waals surface area (Å²) in [5.41, 5.74) is 5.69. The molecular formula is C16H33Cl2N3O2. The zero-order valence-electron chi connectivity index (χ0n) is 14.2. The van der Waals surface area contributed by atoms with Gasteiger partial charge in [0.15, 0.2) is 0 Å². The second-order valence-electron chi connectivity index (χ2n) is 6.65. The van der Waals surface area contributed by atoms with E-state index in [2.05, 4.69) is 10.2 Å². The van der Waals surface area contributed by atoms with Gasteiger partial charge in [-0.15, -0.1) is 24.8 Å². The van der Waals surface area contributed by atoms with Gasteiger partial charge in [-0.1, -0.05) is 19.3 Å². The minimum absolute atomic E-state index is 0. The number of piperidine rings is 1. The van der Waals surface area contributed by atoms with E-state index < -0.39 is 5.54 Å². The quantitative estimate of drug-likeness (QED) is 0.703. The summed E-state index contributed by atoms with van der Waals surface area (Å²) >= 11 is 0. The molecule has 0 radical (unpaired) electrons. The normalized spacial score (nSPS) is 21.8. The largest absolute Gasteiger partial charge is 0.385 e. The van der Waals surface area contributed by atoms with Crippen molar-refractivity contribution in [3.05, 3.63) is 0 Å². The standard InChI is InChI=1S/C16H31N3O2.2ClH/c1-21-13-5-10-19-11-6-14(7-12-19)18-15(20)16(17)8-3-2-4-9-16;;/h14H,2-13,17H2,1H3,(H,18,20);2*1H. The molecule has 1 amide bonds. The van der Waals surface area contributed by atoms with Crippen LogP contribution in [0.25, 0.3) is 0 Å². The number of methoxy groups -OCH3 is 1. The zero-order chi connectivity index (χ0) is 15.1. The Morgan fingerprint density at radius 1 is 1.22 bits per heavy atom. The third kappa shape index (κ3) is 7.14. The van der Waals surface area contributed by atoms with Crippen LogP contribution in [0.5, 0.6) is 0 Å². The Morgan fingerprint density at radius 3 is 2.39 bits per heavy atom. The second-order valence-corrected chi connectivity index (χ2v) is 6.65. The predicted molar refractivity (Wildman–Crippen MR) is 98.6 cm³/mol. The second kappa shape index (κ2) is 11.5. The van der Waals surface area contributed by atoms with Gasteiger partial charge in [0.1, 0.15) is 0 Å². The fourth-order valence-corrected chi connectivity index (χ4v) is 3.47. The number of hydrogen-bond donors (Lipinski definition) is 2. The van der Waals surface area contributed by atoms with E-state index in [0.29, 0.717) is 6.04 Å². The monoisotopic (exact) mass is 369 g/mol. The molecule has 1 saturated heterocycles. The highest BCUT2D eigenvalue weighted by Crippen LogP contribution is 2.26. The molecule has 5 nitrogen and oxygen atoms in total. The van der Waals surface area contributed by atoms with Crippen molar-refractivity contribution in [2.24, 2.45) is 5.73 Å². The number of amides is 1. The third-order valence-corrected chi connectivity index (χ3v) is 4.94. The molecule has 0 aromatic rings. The van der Waals surface area contributed by atoms with E-state index in [1.54, 1.807) is 7.11 Å². The van der Waals surface area contributed by atoms with Crippen molar-refractivity contribution < 1.29 is 9.53 Å². The lowest BCUT2D eigenvalue weighted by molar-refractivity contribution is -0.128. The van der Waals surface area contributed by atoms with Crippen LogP contribution >= 0.6 is 24.8 Å². The summed E-state index contributed by atoms with van der Waals surface area (Å²) in [6.07, 6.45) is 8.22. The van der Waals surface area contributed by atoms with Crippen LogP contribution in [0.2, 0.25) is 0 Å². The van der Waals surface area contributed by atoms with Gasteiger partial charge in [-0.05, 0) is 32.1 Å². The number of carbonyl (C=O) groups excluding carboxylic acids is 1. The number of hydrogen-bond acceptors (Lipinski definition) is 4. The molecule has 2 rings (SSSR count). The van der Waals surface area contributed by atoms with Gasteiger partial charge >= 0.3 is 0 Å². The smallest absolute Gasteiger partial charge is 0.240 e. The number of carbonyl (C=O) groups is 1. The molecule has 1 heterocycles. The van der Waals surface area contributed by atoms with Gasteiger partial charge in [0.25, 0.3) is 0 Å². The Morgan fingerprint density at radius 2 is 1.83 bits per heavy atom. The molecular weight excluding hydrogens is 337 g/mol. The van der Waals surface area contributed by atoms with E-state index in [1.807, 2.05) is 0 Å². The van der Waals surface area contributed by atoms with Gasteiger partial charge < -0.3 is 20.7 Å². The highest BCUT2D eigenvalue weighted by molar-refractivity contribution is 5.86. The van der Waals surface area contributed by atoms with E-state index in [-0.39, 0.29) is 30.7 Å². The minimum Gasteiger partial charge on any atom is -0.385 e. The first-order valence-corrected chi connectivity index (χ1v) is 8.45. The maximum Gasteiger partial charge on any atom is 0.240 e. The summed E-state index contributed by atoms with van der Waals surface area (Å²) in [6, 6.07) is 0.304. The summed E-state index contributed by atoms with van der Waals surface area (Å²) in [7, 11) is 1.75. The SMILES string of the molecule is COCCCN1CCC(NC(=O)C2(N)CCCCC2)CC1.Cl.Cl. The van der Waals surface area contributed by atoms with Crippen LogP contribution in [0.15, 0.2) is 0 Å². The van der Waals surface area contributed by atoms with E-state index in [0.717, 1.165) is 71.2 Å². The van der Waals surface area contributed by atoms with Crippen molar-refractivity contribution in [3.8, 4) is 0 Å². The first-order valence-electron chi connectivity index (χ1n) is 8.45. The Hall–Kier alpha value is -0.0700. The van der Waals surface area contributed by atoms with E-state index >= 15 is 0 Å². The fraction of sp³-hybridized carbons (Fsp3) is 0.938. The number of halogens is 2. The maximum absolute atomic E-state index is 12.4. The lowest BCUT2D eigenvalue weighted by Gasteiger charge is -2.36. The number of nitrogens with one attached hydrogen (secondary N) is 1. The highest BCUT2D eigenvalue weighted by atomic mass is 35.5. The predicted octanol–water partition coefficient (Wildman–Crippen LogP) is 2.11. The number of rotatable bonds is 6. The summed E-state index contributed by atoms with van der Waals surface area (Å²) in [6.45, 7) is 4.04. The van der Waals surface area contributed by atoms with Crippen LogP contribution in [0.4, 0.5) is 0 Å². The molecule has 0 spiro atoms. The third-order valence-electron chi connectivity index (χ3n) is 4.94. The average Bonchev–Trinajstić information content (AvgIpc) is 2.50. The Balaban J connectivity index is 0.00000242. The number of nitrogens with two attached hydrogens (primary N) is 1. The molecule has 3 N–H and O–H groups in total. The molecule has 0 unspecified atom stereocenters. The summed E-state index contributed by atoms with van der Waals surface area (Å²) in [4.78, 5) is 14.9. The van der Waals surface area contributed by atoms with Gasteiger partial charge in [-0.3, -0.25) is 4.79 Å². The van der Waals surface area contributed by atoms with Crippen LogP contribution < -0.4 is 11.1 Å². The summed E-state index contributed by atoms with van der Waals surface area (Å²) in [5, 5.41) is 3.20. The first kappa shape index (κ1) is 22.9. The average molecular weight is 370 g/mol. The van der Waals surface area contributed by atoms with E-state index in [4.69, 9.17) is 10.5 Å². The van der Waals surface area contributed by atoms with E-state index in [9.17, 15) is 4.79 Å².